The molecule has 0 aliphatic heterocycles. The van der Waals surface area contributed by atoms with Gasteiger partial charge in [0.1, 0.15) is 10.8 Å². The Morgan fingerprint density at radius 2 is 2.00 bits per heavy atom. The van der Waals surface area contributed by atoms with Crippen LogP contribution in [0.25, 0.3) is 0 Å². The summed E-state index contributed by atoms with van der Waals surface area (Å²) in [5.74, 6) is -0.559. The molecule has 0 atom stereocenters. The van der Waals surface area contributed by atoms with Crippen LogP contribution in [0.4, 0.5) is 10.1 Å². The van der Waals surface area contributed by atoms with E-state index < -0.39 is 15.8 Å². The van der Waals surface area contributed by atoms with Gasteiger partial charge in [-0.05, 0) is 31.0 Å². The molecule has 4 nitrogen and oxygen atoms in total. The van der Waals surface area contributed by atoms with Gasteiger partial charge in [-0.3, -0.25) is 4.72 Å². The van der Waals surface area contributed by atoms with Gasteiger partial charge in [-0.2, -0.15) is 0 Å². The molecular weight excluding hydrogens is 287 g/mol. The second-order valence-corrected chi connectivity index (χ2v) is 7.01. The summed E-state index contributed by atoms with van der Waals surface area (Å²) >= 11 is 4.72. The van der Waals surface area contributed by atoms with Crippen molar-refractivity contribution in [2.24, 2.45) is 5.73 Å². The molecule has 0 heterocycles. The number of hydrogen-bond acceptors (Lipinski definition) is 3. The highest BCUT2D eigenvalue weighted by atomic mass is 32.2. The van der Waals surface area contributed by atoms with Crippen LogP contribution in [0.5, 0.6) is 0 Å². The summed E-state index contributed by atoms with van der Waals surface area (Å²) in [5, 5.41) is -0.370. The Morgan fingerprint density at radius 1 is 1.37 bits per heavy atom. The third-order valence-corrected chi connectivity index (χ3v) is 5.32. The fourth-order valence-corrected chi connectivity index (χ4v) is 3.96. The van der Waals surface area contributed by atoms with Crippen molar-refractivity contribution in [3.05, 3.63) is 29.6 Å². The fourth-order valence-electron chi connectivity index (χ4n) is 2.22. The summed E-state index contributed by atoms with van der Waals surface area (Å²) in [6, 6.07) is 3.84. The molecule has 0 aromatic heterocycles. The van der Waals surface area contributed by atoms with Gasteiger partial charge in [0.15, 0.2) is 0 Å². The van der Waals surface area contributed by atoms with E-state index in [9.17, 15) is 12.8 Å². The van der Waals surface area contributed by atoms with Crippen LogP contribution in [0.3, 0.4) is 0 Å². The third-order valence-electron chi connectivity index (χ3n) is 3.23. The minimum atomic E-state index is -3.42. The van der Waals surface area contributed by atoms with E-state index in [2.05, 4.69) is 4.72 Å². The molecule has 19 heavy (non-hydrogen) atoms. The second kappa shape index (κ2) is 5.42. The SMILES string of the molecule is NC(=S)c1cc(NS(=O)(=O)C2CCCC2)ccc1F. The lowest BCUT2D eigenvalue weighted by atomic mass is 10.2. The van der Waals surface area contributed by atoms with Gasteiger partial charge >= 0.3 is 0 Å². The molecule has 7 heteroatoms. The van der Waals surface area contributed by atoms with Gasteiger partial charge in [0.2, 0.25) is 10.0 Å². The molecule has 0 bridgehead atoms. The molecular formula is C12H15FN2O2S2. The first-order valence-electron chi connectivity index (χ1n) is 6.01. The number of anilines is 1. The van der Waals surface area contributed by atoms with Gasteiger partial charge in [0, 0.05) is 11.3 Å². The Labute approximate surface area is 117 Å². The minimum Gasteiger partial charge on any atom is -0.389 e. The lowest BCUT2D eigenvalue weighted by Gasteiger charge is -2.14. The first-order valence-corrected chi connectivity index (χ1v) is 7.96. The van der Waals surface area contributed by atoms with Crippen molar-refractivity contribution in [1.82, 2.24) is 0 Å². The largest absolute Gasteiger partial charge is 0.389 e. The smallest absolute Gasteiger partial charge is 0.235 e. The highest BCUT2D eigenvalue weighted by molar-refractivity contribution is 7.93. The highest BCUT2D eigenvalue weighted by Gasteiger charge is 2.28. The quantitative estimate of drug-likeness (QED) is 0.836. The second-order valence-electron chi connectivity index (χ2n) is 4.61. The van der Waals surface area contributed by atoms with Crippen LogP contribution in [0.15, 0.2) is 18.2 Å². The summed E-state index contributed by atoms with van der Waals surface area (Å²) in [6.07, 6.45) is 3.18. The minimum absolute atomic E-state index is 0.0432. The van der Waals surface area contributed by atoms with Crippen LogP contribution >= 0.6 is 12.2 Å². The van der Waals surface area contributed by atoms with Crippen LogP contribution in [0.2, 0.25) is 0 Å². The number of nitrogens with two attached hydrogens (primary N) is 1. The fraction of sp³-hybridized carbons (Fsp3) is 0.417. The van der Waals surface area contributed by atoms with Crippen molar-refractivity contribution in [2.75, 3.05) is 4.72 Å². The lowest BCUT2D eigenvalue weighted by Crippen LogP contribution is -2.25. The number of halogens is 1. The standard InChI is InChI=1S/C12H15FN2O2S2/c13-11-6-5-8(7-10(11)12(14)18)15-19(16,17)9-3-1-2-4-9/h5-7,9,15H,1-4H2,(H2,14,18). The van der Waals surface area contributed by atoms with Crippen molar-refractivity contribution < 1.29 is 12.8 Å². The molecule has 2 rings (SSSR count). The number of rotatable bonds is 4. The van der Waals surface area contributed by atoms with E-state index in [0.29, 0.717) is 12.8 Å². The summed E-state index contributed by atoms with van der Waals surface area (Å²) in [7, 11) is -3.42. The van der Waals surface area contributed by atoms with Crippen molar-refractivity contribution in [3.63, 3.8) is 0 Å². The van der Waals surface area contributed by atoms with Gasteiger partial charge in [-0.15, -0.1) is 0 Å². The number of sulfonamides is 1. The Balaban J connectivity index is 2.23. The first kappa shape index (κ1) is 14.2. The number of benzene rings is 1. The van der Waals surface area contributed by atoms with Gasteiger partial charge < -0.3 is 5.73 Å². The predicted octanol–water partition coefficient (Wildman–Crippen LogP) is 2.14. The van der Waals surface area contributed by atoms with Crippen LogP contribution in [0, 0.1) is 5.82 Å². The van der Waals surface area contributed by atoms with E-state index in [0.717, 1.165) is 18.9 Å². The average Bonchev–Trinajstić information content (AvgIpc) is 2.85. The molecule has 1 fully saturated rings. The molecule has 104 valence electrons. The average molecular weight is 302 g/mol. The zero-order chi connectivity index (χ0) is 14.0. The van der Waals surface area contributed by atoms with Gasteiger partial charge in [-0.25, -0.2) is 12.8 Å². The predicted molar refractivity (Wildman–Crippen MR) is 77.1 cm³/mol. The third kappa shape index (κ3) is 3.22. The van der Waals surface area contributed by atoms with Crippen molar-refractivity contribution in [3.8, 4) is 0 Å². The molecule has 1 aliphatic carbocycles. The monoisotopic (exact) mass is 302 g/mol. The van der Waals surface area contributed by atoms with E-state index >= 15 is 0 Å². The number of hydrogen-bond donors (Lipinski definition) is 2. The van der Waals surface area contributed by atoms with E-state index in [1.54, 1.807) is 0 Å². The Morgan fingerprint density at radius 3 is 2.58 bits per heavy atom. The molecule has 0 unspecified atom stereocenters. The molecule has 0 radical (unpaired) electrons. The zero-order valence-electron chi connectivity index (χ0n) is 10.2. The maximum Gasteiger partial charge on any atom is 0.235 e. The molecule has 1 aromatic rings. The number of nitrogens with one attached hydrogen (secondary N) is 1. The topological polar surface area (TPSA) is 72.2 Å². The van der Waals surface area contributed by atoms with Gasteiger partial charge in [0.25, 0.3) is 0 Å². The Bertz CT molecular complexity index is 596. The van der Waals surface area contributed by atoms with E-state index in [-0.39, 0.29) is 21.5 Å². The molecule has 1 saturated carbocycles. The number of thiocarbonyl (C=S) groups is 1. The van der Waals surface area contributed by atoms with E-state index in [1.165, 1.54) is 12.1 Å². The summed E-state index contributed by atoms with van der Waals surface area (Å²) in [4.78, 5) is -0.0978. The van der Waals surface area contributed by atoms with Crippen LogP contribution in [0.1, 0.15) is 31.2 Å². The summed E-state index contributed by atoms with van der Waals surface area (Å²) < 4.78 is 40.1. The zero-order valence-corrected chi connectivity index (χ0v) is 11.9. The maximum absolute atomic E-state index is 13.4. The molecule has 1 aliphatic rings. The van der Waals surface area contributed by atoms with Gasteiger partial charge in [0.05, 0.1) is 5.25 Å². The summed E-state index contributed by atoms with van der Waals surface area (Å²) in [5.41, 5.74) is 5.71. The molecule has 0 amide bonds. The highest BCUT2D eigenvalue weighted by Crippen LogP contribution is 2.26. The van der Waals surface area contributed by atoms with Crippen LogP contribution in [-0.4, -0.2) is 18.7 Å². The molecule has 0 saturated heterocycles. The summed E-state index contributed by atoms with van der Waals surface area (Å²) in [6.45, 7) is 0. The maximum atomic E-state index is 13.4. The van der Waals surface area contributed by atoms with Crippen molar-refractivity contribution >= 4 is 32.9 Å². The Kier molecular flexibility index (Phi) is 4.05. The van der Waals surface area contributed by atoms with E-state index in [1.807, 2.05) is 0 Å². The van der Waals surface area contributed by atoms with Crippen molar-refractivity contribution in [1.29, 1.82) is 0 Å². The Hall–Kier alpha value is -1.21. The van der Waals surface area contributed by atoms with Crippen LogP contribution in [-0.2, 0) is 10.0 Å². The normalized spacial score (nSPS) is 16.5. The van der Waals surface area contributed by atoms with E-state index in [4.69, 9.17) is 18.0 Å². The van der Waals surface area contributed by atoms with Crippen molar-refractivity contribution in [2.45, 2.75) is 30.9 Å². The molecule has 1 aromatic carbocycles. The van der Waals surface area contributed by atoms with Gasteiger partial charge in [-0.1, -0.05) is 25.1 Å². The molecule has 3 N–H and O–H groups in total. The lowest BCUT2D eigenvalue weighted by molar-refractivity contribution is 0.585. The molecule has 0 spiro atoms. The van der Waals surface area contributed by atoms with Crippen LogP contribution < -0.4 is 10.5 Å². The first-order chi connectivity index (χ1) is 8.90.